The molecule has 3 nitrogen and oxygen atoms in total. The minimum absolute atomic E-state index is 0.0850. The van der Waals surface area contributed by atoms with Crippen molar-refractivity contribution < 1.29 is 4.79 Å². The number of amides is 1. The predicted molar refractivity (Wildman–Crippen MR) is 68.3 cm³/mol. The van der Waals surface area contributed by atoms with Gasteiger partial charge in [0.2, 0.25) is 5.91 Å². The average molecular weight is 232 g/mol. The zero-order chi connectivity index (χ0) is 12.5. The van der Waals surface area contributed by atoms with Gasteiger partial charge in [-0.1, -0.05) is 30.3 Å². The SMILES string of the molecule is CC(C)(N)C(=O)NC(c1ccccc1)C1CC1. The van der Waals surface area contributed by atoms with Gasteiger partial charge in [0, 0.05) is 0 Å². The number of carbonyl (C=O) groups is 1. The van der Waals surface area contributed by atoms with E-state index in [1.165, 1.54) is 18.4 Å². The van der Waals surface area contributed by atoms with Crippen LogP contribution in [0.2, 0.25) is 0 Å². The highest BCUT2D eigenvalue weighted by Crippen LogP contribution is 2.41. The molecule has 17 heavy (non-hydrogen) atoms. The first kappa shape index (κ1) is 12.1. The van der Waals surface area contributed by atoms with E-state index < -0.39 is 5.54 Å². The van der Waals surface area contributed by atoms with Gasteiger partial charge in [0.1, 0.15) is 0 Å². The summed E-state index contributed by atoms with van der Waals surface area (Å²) in [7, 11) is 0. The Morgan fingerprint density at radius 2 is 1.94 bits per heavy atom. The maximum Gasteiger partial charge on any atom is 0.239 e. The molecule has 0 spiro atoms. The number of rotatable bonds is 4. The van der Waals surface area contributed by atoms with Crippen LogP contribution in [-0.4, -0.2) is 11.4 Å². The summed E-state index contributed by atoms with van der Waals surface area (Å²) in [6.07, 6.45) is 2.37. The molecular weight excluding hydrogens is 212 g/mol. The maximum absolute atomic E-state index is 11.9. The van der Waals surface area contributed by atoms with Crippen LogP contribution in [0.25, 0.3) is 0 Å². The molecule has 1 aromatic rings. The van der Waals surface area contributed by atoms with Crippen LogP contribution in [0.3, 0.4) is 0 Å². The van der Waals surface area contributed by atoms with E-state index in [0.717, 1.165) is 0 Å². The molecule has 2 rings (SSSR count). The molecule has 0 saturated heterocycles. The van der Waals surface area contributed by atoms with Crippen LogP contribution in [-0.2, 0) is 4.79 Å². The van der Waals surface area contributed by atoms with E-state index in [4.69, 9.17) is 5.73 Å². The first-order valence-electron chi connectivity index (χ1n) is 6.13. The first-order valence-corrected chi connectivity index (χ1v) is 6.13. The van der Waals surface area contributed by atoms with Crippen molar-refractivity contribution in [3.05, 3.63) is 35.9 Å². The molecule has 0 aromatic heterocycles. The number of nitrogens with one attached hydrogen (secondary N) is 1. The molecule has 1 saturated carbocycles. The van der Waals surface area contributed by atoms with Crippen LogP contribution in [0.15, 0.2) is 30.3 Å². The van der Waals surface area contributed by atoms with Gasteiger partial charge in [-0.3, -0.25) is 4.79 Å². The number of hydrogen-bond donors (Lipinski definition) is 2. The van der Waals surface area contributed by atoms with Gasteiger partial charge in [-0.2, -0.15) is 0 Å². The summed E-state index contributed by atoms with van der Waals surface area (Å²) in [5.74, 6) is 0.488. The second kappa shape index (κ2) is 4.49. The lowest BCUT2D eigenvalue weighted by molar-refractivity contribution is -0.126. The minimum atomic E-state index is -0.818. The molecule has 0 heterocycles. The third kappa shape index (κ3) is 3.07. The summed E-state index contributed by atoms with van der Waals surface area (Å²) in [6.45, 7) is 3.47. The molecular formula is C14H20N2O. The lowest BCUT2D eigenvalue weighted by atomic mass is 9.99. The normalized spacial score (nSPS) is 17.6. The van der Waals surface area contributed by atoms with Crippen LogP contribution < -0.4 is 11.1 Å². The molecule has 0 radical (unpaired) electrons. The Balaban J connectivity index is 2.12. The van der Waals surface area contributed by atoms with Gasteiger partial charge in [-0.15, -0.1) is 0 Å². The fraction of sp³-hybridized carbons (Fsp3) is 0.500. The molecule has 1 fully saturated rings. The highest BCUT2D eigenvalue weighted by Gasteiger charge is 2.35. The smallest absolute Gasteiger partial charge is 0.239 e. The molecule has 0 aliphatic heterocycles. The van der Waals surface area contributed by atoms with Gasteiger partial charge in [0.05, 0.1) is 11.6 Å². The average Bonchev–Trinajstić information content (AvgIpc) is 3.09. The molecule has 1 unspecified atom stereocenters. The highest BCUT2D eigenvalue weighted by atomic mass is 16.2. The Bertz CT molecular complexity index is 390. The standard InChI is InChI=1S/C14H20N2O/c1-14(2,15)13(17)16-12(11-8-9-11)10-6-4-3-5-7-10/h3-7,11-12H,8-9,15H2,1-2H3,(H,16,17). The summed E-state index contributed by atoms with van der Waals surface area (Å²) in [4.78, 5) is 11.9. The monoisotopic (exact) mass is 232 g/mol. The van der Waals surface area contributed by atoms with Crippen LogP contribution in [0.1, 0.15) is 38.3 Å². The van der Waals surface area contributed by atoms with Gasteiger partial charge in [0.15, 0.2) is 0 Å². The largest absolute Gasteiger partial charge is 0.347 e. The third-order valence-corrected chi connectivity index (χ3v) is 3.12. The Kier molecular flexibility index (Phi) is 3.20. The van der Waals surface area contributed by atoms with Crippen LogP contribution in [0, 0.1) is 5.92 Å². The van der Waals surface area contributed by atoms with E-state index in [9.17, 15) is 4.79 Å². The molecule has 0 bridgehead atoms. The quantitative estimate of drug-likeness (QED) is 0.834. The number of hydrogen-bond acceptors (Lipinski definition) is 2. The molecule has 1 amide bonds. The molecule has 92 valence electrons. The Labute approximate surface area is 102 Å². The fourth-order valence-corrected chi connectivity index (χ4v) is 1.89. The third-order valence-electron chi connectivity index (χ3n) is 3.12. The lowest BCUT2D eigenvalue weighted by Gasteiger charge is -2.24. The van der Waals surface area contributed by atoms with Crippen molar-refractivity contribution in [3.63, 3.8) is 0 Å². The second-order valence-electron chi connectivity index (χ2n) is 5.42. The van der Waals surface area contributed by atoms with Gasteiger partial charge in [-0.05, 0) is 38.2 Å². The van der Waals surface area contributed by atoms with Crippen molar-refractivity contribution in [1.29, 1.82) is 0 Å². The van der Waals surface area contributed by atoms with Gasteiger partial charge < -0.3 is 11.1 Å². The molecule has 1 aromatic carbocycles. The zero-order valence-corrected chi connectivity index (χ0v) is 10.4. The molecule has 1 aliphatic carbocycles. The Morgan fingerprint density at radius 1 is 1.35 bits per heavy atom. The maximum atomic E-state index is 11.9. The van der Waals surface area contributed by atoms with Gasteiger partial charge in [-0.25, -0.2) is 0 Å². The molecule has 3 N–H and O–H groups in total. The lowest BCUT2D eigenvalue weighted by Crippen LogP contribution is -2.50. The van der Waals surface area contributed by atoms with Crippen molar-refractivity contribution >= 4 is 5.91 Å². The summed E-state index contributed by atoms with van der Waals surface area (Å²) >= 11 is 0. The van der Waals surface area contributed by atoms with Crippen molar-refractivity contribution in [2.24, 2.45) is 11.7 Å². The Hall–Kier alpha value is -1.35. The topological polar surface area (TPSA) is 55.1 Å². The van der Waals surface area contributed by atoms with Crippen molar-refractivity contribution in [2.45, 2.75) is 38.3 Å². The van der Waals surface area contributed by atoms with Crippen LogP contribution in [0.4, 0.5) is 0 Å². The summed E-state index contributed by atoms with van der Waals surface area (Å²) < 4.78 is 0. The summed E-state index contributed by atoms with van der Waals surface area (Å²) in [6, 6.07) is 10.2. The number of carbonyl (C=O) groups excluding carboxylic acids is 1. The Morgan fingerprint density at radius 3 is 2.41 bits per heavy atom. The second-order valence-corrected chi connectivity index (χ2v) is 5.42. The van der Waals surface area contributed by atoms with Crippen LogP contribution in [0.5, 0.6) is 0 Å². The van der Waals surface area contributed by atoms with E-state index in [0.29, 0.717) is 5.92 Å². The summed E-state index contributed by atoms with van der Waals surface area (Å²) in [5.41, 5.74) is 6.17. The van der Waals surface area contributed by atoms with Gasteiger partial charge in [0.25, 0.3) is 0 Å². The molecule has 1 aliphatic rings. The van der Waals surface area contributed by atoms with E-state index in [1.807, 2.05) is 18.2 Å². The number of benzene rings is 1. The van der Waals surface area contributed by atoms with Gasteiger partial charge >= 0.3 is 0 Å². The minimum Gasteiger partial charge on any atom is -0.347 e. The van der Waals surface area contributed by atoms with E-state index in [2.05, 4.69) is 17.4 Å². The van der Waals surface area contributed by atoms with Crippen LogP contribution >= 0.6 is 0 Å². The summed E-state index contributed by atoms with van der Waals surface area (Å²) in [5, 5.41) is 3.07. The number of nitrogens with two attached hydrogens (primary N) is 1. The van der Waals surface area contributed by atoms with E-state index in [-0.39, 0.29) is 11.9 Å². The molecule has 3 heteroatoms. The van der Waals surface area contributed by atoms with E-state index in [1.54, 1.807) is 13.8 Å². The highest BCUT2D eigenvalue weighted by molar-refractivity contribution is 5.85. The van der Waals surface area contributed by atoms with Crippen molar-refractivity contribution in [1.82, 2.24) is 5.32 Å². The fourth-order valence-electron chi connectivity index (χ4n) is 1.89. The van der Waals surface area contributed by atoms with Crippen molar-refractivity contribution in [3.8, 4) is 0 Å². The van der Waals surface area contributed by atoms with E-state index >= 15 is 0 Å². The first-order chi connectivity index (χ1) is 7.98. The van der Waals surface area contributed by atoms with Crippen molar-refractivity contribution in [2.75, 3.05) is 0 Å². The molecule has 1 atom stereocenters. The predicted octanol–water partition coefficient (Wildman–Crippen LogP) is 1.99. The zero-order valence-electron chi connectivity index (χ0n) is 10.4.